The van der Waals surface area contributed by atoms with Crippen molar-refractivity contribution >= 4 is 36.4 Å². The third kappa shape index (κ3) is 8.86. The highest BCUT2D eigenvalue weighted by Crippen LogP contribution is 2.32. The fourth-order valence-electron chi connectivity index (χ4n) is 3.00. The van der Waals surface area contributed by atoms with Crippen molar-refractivity contribution in [1.29, 1.82) is 0 Å². The third-order valence-electron chi connectivity index (χ3n) is 4.71. The van der Waals surface area contributed by atoms with Crippen molar-refractivity contribution in [3.8, 4) is 11.5 Å². The van der Waals surface area contributed by atoms with Gasteiger partial charge in [0.15, 0.2) is 11.5 Å². The quantitative estimate of drug-likeness (QED) is 0.392. The lowest BCUT2D eigenvalue weighted by Crippen LogP contribution is -2.27. The second-order valence-electron chi connectivity index (χ2n) is 6.53. The van der Waals surface area contributed by atoms with Crippen LogP contribution in [0.2, 0.25) is 5.02 Å². The summed E-state index contributed by atoms with van der Waals surface area (Å²) in [6, 6.07) is 10.1. The summed E-state index contributed by atoms with van der Waals surface area (Å²) < 4.78 is 24.7. The Kier molecular flexibility index (Phi) is 14.9. The number of ether oxygens (including phenoxy) is 2. The van der Waals surface area contributed by atoms with Gasteiger partial charge in [-0.1, -0.05) is 43.6 Å². The van der Waals surface area contributed by atoms with Crippen molar-refractivity contribution in [2.75, 3.05) is 33.3 Å². The van der Waals surface area contributed by atoms with Gasteiger partial charge in [-0.3, -0.25) is 0 Å². The molecule has 4 nitrogen and oxygen atoms in total. The van der Waals surface area contributed by atoms with Crippen LogP contribution in [0, 0.1) is 5.82 Å². The summed E-state index contributed by atoms with van der Waals surface area (Å²) in [6.45, 7) is 9.47. The van der Waals surface area contributed by atoms with E-state index in [-0.39, 0.29) is 37.2 Å². The Balaban J connectivity index is 0.00000420. The predicted octanol–water partition coefficient (Wildman–Crippen LogP) is 5.73. The van der Waals surface area contributed by atoms with Crippen LogP contribution in [0.5, 0.6) is 11.5 Å². The standard InChI is InChI=1S/C22H30ClFN2O2.2ClH/c1-4-26(5-2)13-7-12-25-15-17-8-6-9-21(27-3)22(17)28-16-18-10-11-19(24)14-20(18)23;;/h6,8-11,14,25H,4-5,7,12-13,15-16H2,1-3H3;2*1H. The molecule has 0 radical (unpaired) electrons. The van der Waals surface area contributed by atoms with E-state index in [4.69, 9.17) is 21.1 Å². The van der Waals surface area contributed by atoms with Gasteiger partial charge in [-0.25, -0.2) is 4.39 Å². The van der Waals surface area contributed by atoms with Crippen LogP contribution in [-0.2, 0) is 13.2 Å². The molecule has 0 unspecified atom stereocenters. The van der Waals surface area contributed by atoms with Crippen LogP contribution in [0.15, 0.2) is 36.4 Å². The molecule has 0 spiro atoms. The minimum absolute atomic E-state index is 0. The second-order valence-corrected chi connectivity index (χ2v) is 6.94. The Hall–Kier alpha value is -1.24. The molecule has 1 N–H and O–H groups in total. The van der Waals surface area contributed by atoms with E-state index < -0.39 is 0 Å². The summed E-state index contributed by atoms with van der Waals surface area (Å²) in [6.07, 6.45) is 1.09. The van der Waals surface area contributed by atoms with Gasteiger partial charge in [-0.05, 0) is 50.8 Å². The van der Waals surface area contributed by atoms with Crippen LogP contribution in [0.3, 0.4) is 0 Å². The minimum Gasteiger partial charge on any atom is -0.493 e. The van der Waals surface area contributed by atoms with Crippen molar-refractivity contribution in [3.63, 3.8) is 0 Å². The molecule has 0 amide bonds. The normalized spacial score (nSPS) is 10.3. The number of benzene rings is 2. The second kappa shape index (κ2) is 15.5. The molecule has 8 heteroatoms. The SMILES string of the molecule is CCN(CC)CCCNCc1cccc(OC)c1OCc1ccc(F)cc1Cl.Cl.Cl. The molecule has 0 bridgehead atoms. The van der Waals surface area contributed by atoms with E-state index in [1.165, 1.54) is 12.1 Å². The van der Waals surface area contributed by atoms with Gasteiger partial charge in [0.1, 0.15) is 12.4 Å². The van der Waals surface area contributed by atoms with E-state index in [9.17, 15) is 4.39 Å². The number of hydrogen-bond donors (Lipinski definition) is 1. The molecule has 0 saturated carbocycles. The highest BCUT2D eigenvalue weighted by atomic mass is 35.5. The zero-order chi connectivity index (χ0) is 20.4. The Labute approximate surface area is 196 Å². The van der Waals surface area contributed by atoms with E-state index in [1.54, 1.807) is 13.2 Å². The lowest BCUT2D eigenvalue weighted by Gasteiger charge is -2.18. The molecule has 0 heterocycles. The topological polar surface area (TPSA) is 33.7 Å². The van der Waals surface area contributed by atoms with Gasteiger partial charge in [0.2, 0.25) is 0 Å². The Morgan fingerprint density at radius 2 is 1.80 bits per heavy atom. The molecule has 0 aliphatic rings. The molecular formula is C22H32Cl3FN2O2. The average Bonchev–Trinajstić information content (AvgIpc) is 2.70. The first-order valence-electron chi connectivity index (χ1n) is 9.74. The summed E-state index contributed by atoms with van der Waals surface area (Å²) in [7, 11) is 1.62. The number of para-hydroxylation sites is 1. The molecule has 0 saturated heterocycles. The number of nitrogens with one attached hydrogen (secondary N) is 1. The molecule has 0 fully saturated rings. The van der Waals surface area contributed by atoms with Gasteiger partial charge < -0.3 is 19.7 Å². The highest BCUT2D eigenvalue weighted by molar-refractivity contribution is 6.31. The maximum absolute atomic E-state index is 13.2. The van der Waals surface area contributed by atoms with Crippen LogP contribution in [0.1, 0.15) is 31.4 Å². The van der Waals surface area contributed by atoms with E-state index >= 15 is 0 Å². The Bertz CT molecular complexity index is 746. The van der Waals surface area contributed by atoms with Gasteiger partial charge in [-0.2, -0.15) is 0 Å². The number of methoxy groups -OCH3 is 1. The van der Waals surface area contributed by atoms with Gasteiger partial charge >= 0.3 is 0 Å². The number of nitrogens with zero attached hydrogens (tertiary/aromatic N) is 1. The maximum Gasteiger partial charge on any atom is 0.166 e. The molecule has 0 aromatic heterocycles. The van der Waals surface area contributed by atoms with Crippen molar-refractivity contribution in [1.82, 2.24) is 10.2 Å². The summed E-state index contributed by atoms with van der Waals surface area (Å²) in [5.41, 5.74) is 1.74. The first-order chi connectivity index (χ1) is 13.6. The van der Waals surface area contributed by atoms with E-state index in [0.29, 0.717) is 23.1 Å². The summed E-state index contributed by atoms with van der Waals surface area (Å²) in [4.78, 5) is 2.41. The van der Waals surface area contributed by atoms with Crippen LogP contribution < -0.4 is 14.8 Å². The van der Waals surface area contributed by atoms with E-state index in [0.717, 1.165) is 43.7 Å². The largest absolute Gasteiger partial charge is 0.493 e. The van der Waals surface area contributed by atoms with Gasteiger partial charge in [0.05, 0.1) is 12.1 Å². The van der Waals surface area contributed by atoms with Crippen molar-refractivity contribution in [3.05, 3.63) is 58.4 Å². The van der Waals surface area contributed by atoms with Crippen molar-refractivity contribution in [2.45, 2.75) is 33.4 Å². The summed E-state index contributed by atoms with van der Waals surface area (Å²) in [5.74, 6) is 0.989. The molecule has 170 valence electrons. The fourth-order valence-corrected chi connectivity index (χ4v) is 3.23. The lowest BCUT2D eigenvalue weighted by molar-refractivity contribution is 0.280. The van der Waals surface area contributed by atoms with Crippen LogP contribution >= 0.6 is 36.4 Å². The van der Waals surface area contributed by atoms with Crippen LogP contribution in [0.25, 0.3) is 0 Å². The van der Waals surface area contributed by atoms with E-state index in [1.807, 2.05) is 18.2 Å². The molecule has 2 aromatic rings. The highest BCUT2D eigenvalue weighted by Gasteiger charge is 2.12. The number of rotatable bonds is 12. The summed E-state index contributed by atoms with van der Waals surface area (Å²) in [5, 5.41) is 3.83. The molecule has 0 atom stereocenters. The number of hydrogen-bond acceptors (Lipinski definition) is 4. The average molecular weight is 482 g/mol. The minimum atomic E-state index is -0.361. The fraction of sp³-hybridized carbons (Fsp3) is 0.455. The molecule has 0 aliphatic heterocycles. The molecule has 30 heavy (non-hydrogen) atoms. The molecular weight excluding hydrogens is 450 g/mol. The van der Waals surface area contributed by atoms with Crippen LogP contribution in [-0.4, -0.2) is 38.2 Å². The zero-order valence-corrected chi connectivity index (χ0v) is 20.1. The van der Waals surface area contributed by atoms with E-state index in [2.05, 4.69) is 24.1 Å². The van der Waals surface area contributed by atoms with Gasteiger partial charge in [-0.15, -0.1) is 24.8 Å². The predicted molar refractivity (Wildman–Crippen MR) is 127 cm³/mol. The molecule has 2 aromatic carbocycles. The van der Waals surface area contributed by atoms with Gasteiger partial charge in [0.25, 0.3) is 0 Å². The van der Waals surface area contributed by atoms with Gasteiger partial charge in [0, 0.05) is 17.7 Å². The third-order valence-corrected chi connectivity index (χ3v) is 5.06. The monoisotopic (exact) mass is 480 g/mol. The summed E-state index contributed by atoms with van der Waals surface area (Å²) >= 11 is 6.11. The first kappa shape index (κ1) is 28.8. The number of halogens is 4. The Morgan fingerprint density at radius 1 is 1.07 bits per heavy atom. The maximum atomic E-state index is 13.2. The van der Waals surface area contributed by atoms with Crippen molar-refractivity contribution < 1.29 is 13.9 Å². The lowest BCUT2D eigenvalue weighted by atomic mass is 10.1. The molecule has 2 rings (SSSR count). The van der Waals surface area contributed by atoms with Crippen LogP contribution in [0.4, 0.5) is 4.39 Å². The van der Waals surface area contributed by atoms with Crippen molar-refractivity contribution in [2.24, 2.45) is 0 Å². The first-order valence-corrected chi connectivity index (χ1v) is 10.1. The zero-order valence-electron chi connectivity index (χ0n) is 17.7. The smallest absolute Gasteiger partial charge is 0.166 e. The Morgan fingerprint density at radius 3 is 2.43 bits per heavy atom. The molecule has 0 aliphatic carbocycles.